The Morgan fingerprint density at radius 3 is 2.87 bits per heavy atom. The fourth-order valence-electron chi connectivity index (χ4n) is 2.87. The van der Waals surface area contributed by atoms with Crippen LogP contribution in [0.1, 0.15) is 38.5 Å². The molecule has 6 heteroatoms. The zero-order valence-electron chi connectivity index (χ0n) is 13.3. The molecule has 0 radical (unpaired) electrons. The number of hydrogen-bond acceptors (Lipinski definition) is 3. The molecule has 1 aromatic rings. The molecule has 0 spiro atoms. The normalized spacial score (nSPS) is 21.0. The van der Waals surface area contributed by atoms with Crippen molar-refractivity contribution in [2.24, 2.45) is 0 Å². The lowest BCUT2D eigenvalue weighted by molar-refractivity contribution is -0.133. The lowest BCUT2D eigenvalue weighted by Crippen LogP contribution is -2.41. The van der Waals surface area contributed by atoms with Gasteiger partial charge < -0.3 is 14.7 Å². The molecule has 0 saturated heterocycles. The lowest BCUT2D eigenvalue weighted by atomic mass is 9.92. The van der Waals surface area contributed by atoms with E-state index in [0.29, 0.717) is 41.7 Å². The average Bonchev–Trinajstić information content (AvgIpc) is 2.52. The van der Waals surface area contributed by atoms with Crippen LogP contribution in [0.2, 0.25) is 10.0 Å². The lowest BCUT2D eigenvalue weighted by Gasteiger charge is -2.33. The molecule has 0 aromatic heterocycles. The van der Waals surface area contributed by atoms with Gasteiger partial charge >= 0.3 is 0 Å². The number of hydrogen-bond donors (Lipinski definition) is 1. The fourth-order valence-corrected chi connectivity index (χ4v) is 3.33. The second-order valence-electron chi connectivity index (χ2n) is 6.01. The molecule has 1 aliphatic rings. The number of aliphatic hydroxyl groups is 1. The number of ether oxygens (including phenoxy) is 1. The number of benzene rings is 1. The Labute approximate surface area is 147 Å². The first-order valence-corrected chi connectivity index (χ1v) is 8.74. The maximum absolute atomic E-state index is 12.2. The van der Waals surface area contributed by atoms with Gasteiger partial charge in [0.15, 0.2) is 0 Å². The highest BCUT2D eigenvalue weighted by atomic mass is 35.5. The zero-order valence-corrected chi connectivity index (χ0v) is 14.8. The molecule has 2 rings (SSSR count). The molecule has 1 fully saturated rings. The molecule has 0 bridgehead atoms. The van der Waals surface area contributed by atoms with E-state index in [9.17, 15) is 9.90 Å². The predicted octanol–water partition coefficient (Wildman–Crippen LogP) is 3.91. The predicted molar refractivity (Wildman–Crippen MR) is 92.2 cm³/mol. The van der Waals surface area contributed by atoms with Gasteiger partial charge in [0, 0.05) is 24.5 Å². The monoisotopic (exact) mass is 359 g/mol. The molecule has 1 amide bonds. The first kappa shape index (κ1) is 18.4. The quantitative estimate of drug-likeness (QED) is 0.783. The highest BCUT2D eigenvalue weighted by Gasteiger charge is 2.25. The van der Waals surface area contributed by atoms with Crippen LogP contribution in [0.3, 0.4) is 0 Å². The van der Waals surface area contributed by atoms with Crippen LogP contribution in [0, 0.1) is 0 Å². The molecule has 2 atom stereocenters. The molecular formula is C17H23Cl2NO3. The van der Waals surface area contributed by atoms with E-state index in [0.717, 1.165) is 19.3 Å². The van der Waals surface area contributed by atoms with Crippen molar-refractivity contribution in [3.05, 3.63) is 28.2 Å². The summed E-state index contributed by atoms with van der Waals surface area (Å²) in [6.07, 6.45) is 4.23. The van der Waals surface area contributed by atoms with E-state index in [1.807, 2.05) is 7.05 Å². The molecule has 1 saturated carbocycles. The summed E-state index contributed by atoms with van der Waals surface area (Å²) in [5, 5.41) is 10.7. The Morgan fingerprint density at radius 1 is 1.39 bits per heavy atom. The molecule has 1 aromatic carbocycles. The largest absolute Gasteiger partial charge is 0.492 e. The first-order chi connectivity index (χ1) is 11.0. The summed E-state index contributed by atoms with van der Waals surface area (Å²) in [5.74, 6) is 0.669. The van der Waals surface area contributed by atoms with Crippen LogP contribution < -0.4 is 4.74 Å². The summed E-state index contributed by atoms with van der Waals surface area (Å²) >= 11 is 11.9. The molecule has 4 nitrogen and oxygen atoms in total. The Morgan fingerprint density at radius 2 is 2.17 bits per heavy atom. The smallest absolute Gasteiger partial charge is 0.222 e. The number of carbonyl (C=O) groups is 1. The summed E-state index contributed by atoms with van der Waals surface area (Å²) < 4.78 is 5.58. The topological polar surface area (TPSA) is 49.8 Å². The third-order valence-corrected chi connectivity index (χ3v) is 4.78. The van der Waals surface area contributed by atoms with Crippen LogP contribution in [0.5, 0.6) is 5.75 Å². The van der Waals surface area contributed by atoms with Gasteiger partial charge in [-0.05, 0) is 50.3 Å². The van der Waals surface area contributed by atoms with Gasteiger partial charge in [-0.15, -0.1) is 0 Å². The van der Waals surface area contributed by atoms with Crippen LogP contribution in [0.15, 0.2) is 18.2 Å². The van der Waals surface area contributed by atoms with Crippen molar-refractivity contribution in [3.63, 3.8) is 0 Å². The van der Waals surface area contributed by atoms with E-state index < -0.39 is 0 Å². The van der Waals surface area contributed by atoms with Crippen LogP contribution in [-0.2, 0) is 4.79 Å². The average molecular weight is 360 g/mol. The van der Waals surface area contributed by atoms with Crippen LogP contribution in [0.4, 0.5) is 0 Å². The van der Waals surface area contributed by atoms with Gasteiger partial charge in [0.25, 0.3) is 0 Å². The van der Waals surface area contributed by atoms with Gasteiger partial charge in [0.1, 0.15) is 5.75 Å². The highest BCUT2D eigenvalue weighted by molar-refractivity contribution is 6.35. The Hall–Kier alpha value is -0.970. The van der Waals surface area contributed by atoms with Crippen molar-refractivity contribution < 1.29 is 14.6 Å². The number of halogens is 2. The number of amides is 1. The van der Waals surface area contributed by atoms with Crippen molar-refractivity contribution in [2.75, 3.05) is 13.7 Å². The SMILES string of the molecule is CN(C(=O)CCCOc1ccc(Cl)cc1Cl)C1CCCC(O)C1. The van der Waals surface area contributed by atoms with Crippen molar-refractivity contribution in [1.29, 1.82) is 0 Å². The molecule has 0 heterocycles. The number of carbonyl (C=O) groups excluding carboxylic acids is 1. The maximum atomic E-state index is 12.2. The van der Waals surface area contributed by atoms with E-state index in [1.165, 1.54) is 0 Å². The molecule has 0 aliphatic heterocycles. The van der Waals surface area contributed by atoms with Gasteiger partial charge in [-0.25, -0.2) is 0 Å². The Bertz CT molecular complexity index is 539. The van der Waals surface area contributed by atoms with Crippen LogP contribution >= 0.6 is 23.2 Å². The van der Waals surface area contributed by atoms with Crippen LogP contribution in [0.25, 0.3) is 0 Å². The van der Waals surface area contributed by atoms with Crippen LogP contribution in [-0.4, -0.2) is 41.7 Å². The van der Waals surface area contributed by atoms with Crippen molar-refractivity contribution in [2.45, 2.75) is 50.7 Å². The summed E-state index contributed by atoms with van der Waals surface area (Å²) in [6, 6.07) is 5.22. The zero-order chi connectivity index (χ0) is 16.8. The number of nitrogens with zero attached hydrogens (tertiary/aromatic N) is 1. The standard InChI is InChI=1S/C17H23Cl2NO3/c1-20(13-4-2-5-14(21)11-13)17(22)6-3-9-23-16-8-7-12(18)10-15(16)19/h7-8,10,13-14,21H,2-6,9,11H2,1H3. The Balaban J connectivity index is 1.71. The molecule has 1 aliphatic carbocycles. The van der Waals surface area contributed by atoms with Crippen molar-refractivity contribution in [3.8, 4) is 5.75 Å². The second kappa shape index (κ2) is 8.76. The van der Waals surface area contributed by atoms with Gasteiger partial charge in [0.05, 0.1) is 17.7 Å². The van der Waals surface area contributed by atoms with Crippen molar-refractivity contribution in [1.82, 2.24) is 4.90 Å². The van der Waals surface area contributed by atoms with Gasteiger partial charge in [-0.2, -0.15) is 0 Å². The minimum Gasteiger partial charge on any atom is -0.492 e. The van der Waals surface area contributed by atoms with E-state index >= 15 is 0 Å². The summed E-state index contributed by atoms with van der Waals surface area (Å²) in [5.41, 5.74) is 0. The molecule has 23 heavy (non-hydrogen) atoms. The summed E-state index contributed by atoms with van der Waals surface area (Å²) in [7, 11) is 1.82. The number of rotatable bonds is 6. The fraction of sp³-hybridized carbons (Fsp3) is 0.588. The molecule has 128 valence electrons. The Kier molecular flexibility index (Phi) is 7.00. The van der Waals surface area contributed by atoms with E-state index in [4.69, 9.17) is 27.9 Å². The van der Waals surface area contributed by atoms with Crippen molar-refractivity contribution >= 4 is 29.1 Å². The van der Waals surface area contributed by atoms with E-state index in [2.05, 4.69) is 0 Å². The molecular weight excluding hydrogens is 337 g/mol. The second-order valence-corrected chi connectivity index (χ2v) is 6.85. The third kappa shape index (κ3) is 5.55. The van der Waals surface area contributed by atoms with E-state index in [1.54, 1.807) is 23.1 Å². The van der Waals surface area contributed by atoms with E-state index in [-0.39, 0.29) is 18.1 Å². The van der Waals surface area contributed by atoms with Gasteiger partial charge in [-0.1, -0.05) is 23.2 Å². The molecule has 2 unspecified atom stereocenters. The molecule has 1 N–H and O–H groups in total. The summed E-state index contributed by atoms with van der Waals surface area (Å²) in [6.45, 7) is 0.425. The minimum atomic E-state index is -0.278. The third-order valence-electron chi connectivity index (χ3n) is 4.25. The first-order valence-electron chi connectivity index (χ1n) is 7.99. The minimum absolute atomic E-state index is 0.0925. The number of aliphatic hydroxyl groups excluding tert-OH is 1. The highest BCUT2D eigenvalue weighted by Crippen LogP contribution is 2.27. The van der Waals surface area contributed by atoms with Gasteiger partial charge in [0.2, 0.25) is 5.91 Å². The van der Waals surface area contributed by atoms with Gasteiger partial charge in [-0.3, -0.25) is 4.79 Å². The maximum Gasteiger partial charge on any atom is 0.222 e. The summed E-state index contributed by atoms with van der Waals surface area (Å²) in [4.78, 5) is 14.0.